The summed E-state index contributed by atoms with van der Waals surface area (Å²) in [5.41, 5.74) is 0. The van der Waals surface area contributed by atoms with Crippen LogP contribution in [0, 0.1) is 5.92 Å². The minimum Gasteiger partial charge on any atom is -0.314 e. The predicted molar refractivity (Wildman–Crippen MR) is 73.0 cm³/mol. The fraction of sp³-hybridized carbons (Fsp3) is 1.00. The lowest BCUT2D eigenvalue weighted by Gasteiger charge is -2.23. The van der Waals surface area contributed by atoms with Gasteiger partial charge in [-0.3, -0.25) is 0 Å². The molecule has 0 spiro atoms. The topological polar surface area (TPSA) is 18.5 Å². The second-order valence-electron chi connectivity index (χ2n) is 5.59. The summed E-state index contributed by atoms with van der Waals surface area (Å²) in [7, 11) is 6.49. The number of nitrogens with zero attached hydrogens (tertiary/aromatic N) is 2. The minimum atomic E-state index is 0.599. The second kappa shape index (κ2) is 8.97. The number of hydrogen-bond acceptors (Lipinski definition) is 3. The monoisotopic (exact) mass is 229 g/mol. The summed E-state index contributed by atoms with van der Waals surface area (Å²) in [6, 6.07) is 0.599. The molecule has 0 aliphatic carbocycles. The van der Waals surface area contributed by atoms with Crippen LogP contribution in [0.25, 0.3) is 0 Å². The highest BCUT2D eigenvalue weighted by Crippen LogP contribution is 1.98. The maximum absolute atomic E-state index is 3.49. The first-order valence-corrected chi connectivity index (χ1v) is 6.48. The van der Waals surface area contributed by atoms with Crippen molar-refractivity contribution in [3.8, 4) is 0 Å². The van der Waals surface area contributed by atoms with Crippen molar-refractivity contribution in [3.05, 3.63) is 0 Å². The van der Waals surface area contributed by atoms with Crippen molar-refractivity contribution in [1.29, 1.82) is 0 Å². The third kappa shape index (κ3) is 10.4. The van der Waals surface area contributed by atoms with Crippen molar-refractivity contribution in [3.63, 3.8) is 0 Å². The Hall–Kier alpha value is -0.120. The highest BCUT2D eigenvalue weighted by Gasteiger charge is 2.06. The predicted octanol–water partition coefficient (Wildman–Crippen LogP) is 1.50. The molecule has 0 bridgehead atoms. The van der Waals surface area contributed by atoms with E-state index in [0.717, 1.165) is 12.5 Å². The van der Waals surface area contributed by atoms with E-state index in [9.17, 15) is 0 Å². The third-order valence-electron chi connectivity index (χ3n) is 2.64. The van der Waals surface area contributed by atoms with Gasteiger partial charge in [0.25, 0.3) is 0 Å². The van der Waals surface area contributed by atoms with E-state index < -0.39 is 0 Å². The van der Waals surface area contributed by atoms with Gasteiger partial charge in [-0.2, -0.15) is 0 Å². The van der Waals surface area contributed by atoms with Gasteiger partial charge in [0.1, 0.15) is 0 Å². The summed E-state index contributed by atoms with van der Waals surface area (Å²) < 4.78 is 0. The van der Waals surface area contributed by atoms with Gasteiger partial charge in [-0.15, -0.1) is 0 Å². The number of hydrogen-bond donors (Lipinski definition) is 1. The molecular weight excluding hydrogens is 198 g/mol. The average Bonchev–Trinajstić information content (AvgIpc) is 2.14. The Morgan fingerprint density at radius 3 is 2.12 bits per heavy atom. The SMILES string of the molecule is CC(CNC(C)C)CN(C)CCCN(C)C. The third-order valence-corrected chi connectivity index (χ3v) is 2.64. The van der Waals surface area contributed by atoms with E-state index in [0.29, 0.717) is 6.04 Å². The quantitative estimate of drug-likeness (QED) is 0.646. The molecule has 0 aliphatic rings. The van der Waals surface area contributed by atoms with Gasteiger partial charge in [0.15, 0.2) is 0 Å². The molecule has 1 N–H and O–H groups in total. The van der Waals surface area contributed by atoms with Crippen LogP contribution in [-0.4, -0.2) is 63.2 Å². The van der Waals surface area contributed by atoms with Crippen LogP contribution in [0.4, 0.5) is 0 Å². The maximum atomic E-state index is 3.49. The normalized spacial score (nSPS) is 14.1. The summed E-state index contributed by atoms with van der Waals surface area (Å²) in [6.07, 6.45) is 1.26. The van der Waals surface area contributed by atoms with E-state index in [1.165, 1.54) is 26.1 Å². The fourth-order valence-corrected chi connectivity index (χ4v) is 1.78. The van der Waals surface area contributed by atoms with Gasteiger partial charge in [0.2, 0.25) is 0 Å². The van der Waals surface area contributed by atoms with Crippen LogP contribution < -0.4 is 5.32 Å². The van der Waals surface area contributed by atoms with Crippen LogP contribution in [0.5, 0.6) is 0 Å². The highest BCUT2D eigenvalue weighted by molar-refractivity contribution is 4.64. The lowest BCUT2D eigenvalue weighted by molar-refractivity contribution is 0.261. The lowest BCUT2D eigenvalue weighted by atomic mass is 10.1. The van der Waals surface area contributed by atoms with Crippen molar-refractivity contribution in [2.75, 3.05) is 47.3 Å². The van der Waals surface area contributed by atoms with Crippen LogP contribution >= 0.6 is 0 Å². The van der Waals surface area contributed by atoms with Gasteiger partial charge < -0.3 is 15.1 Å². The Morgan fingerprint density at radius 2 is 1.62 bits per heavy atom. The summed E-state index contributed by atoms with van der Waals surface area (Å²) in [5, 5.41) is 3.49. The molecule has 0 amide bonds. The molecule has 0 aromatic rings. The summed E-state index contributed by atoms with van der Waals surface area (Å²) >= 11 is 0. The Kier molecular flexibility index (Phi) is 8.90. The molecule has 98 valence electrons. The molecular formula is C13H31N3. The van der Waals surface area contributed by atoms with Crippen LogP contribution in [0.2, 0.25) is 0 Å². The Balaban J connectivity index is 3.50. The van der Waals surface area contributed by atoms with E-state index in [1.54, 1.807) is 0 Å². The van der Waals surface area contributed by atoms with Gasteiger partial charge in [0, 0.05) is 12.6 Å². The Morgan fingerprint density at radius 1 is 1.00 bits per heavy atom. The van der Waals surface area contributed by atoms with E-state index in [4.69, 9.17) is 0 Å². The molecule has 0 aromatic carbocycles. The molecule has 0 rings (SSSR count). The van der Waals surface area contributed by atoms with Gasteiger partial charge in [-0.25, -0.2) is 0 Å². The first kappa shape index (κ1) is 15.9. The van der Waals surface area contributed by atoms with Gasteiger partial charge in [-0.1, -0.05) is 20.8 Å². The summed E-state index contributed by atoms with van der Waals surface area (Å²) in [6.45, 7) is 11.4. The molecule has 0 saturated heterocycles. The molecule has 1 atom stereocenters. The standard InChI is InChI=1S/C13H31N3/c1-12(2)14-10-13(3)11-16(6)9-7-8-15(4)5/h12-14H,7-11H2,1-6H3. The molecule has 0 radical (unpaired) electrons. The van der Waals surface area contributed by atoms with Crippen molar-refractivity contribution >= 4 is 0 Å². The highest BCUT2D eigenvalue weighted by atomic mass is 15.1. The van der Waals surface area contributed by atoms with Crippen molar-refractivity contribution in [2.24, 2.45) is 5.92 Å². The van der Waals surface area contributed by atoms with Crippen LogP contribution in [0.15, 0.2) is 0 Å². The van der Waals surface area contributed by atoms with Crippen LogP contribution in [0.1, 0.15) is 27.2 Å². The van der Waals surface area contributed by atoms with E-state index in [-0.39, 0.29) is 0 Å². The molecule has 1 unspecified atom stereocenters. The first-order chi connectivity index (χ1) is 7.41. The molecule has 16 heavy (non-hydrogen) atoms. The van der Waals surface area contributed by atoms with Gasteiger partial charge >= 0.3 is 0 Å². The molecule has 0 aromatic heterocycles. The number of rotatable bonds is 9. The zero-order valence-electron chi connectivity index (χ0n) is 12.1. The van der Waals surface area contributed by atoms with Crippen LogP contribution in [-0.2, 0) is 0 Å². The van der Waals surface area contributed by atoms with Gasteiger partial charge in [0.05, 0.1) is 0 Å². The summed E-state index contributed by atoms with van der Waals surface area (Å²) in [4.78, 5) is 4.69. The van der Waals surface area contributed by atoms with E-state index in [2.05, 4.69) is 57.0 Å². The van der Waals surface area contributed by atoms with E-state index in [1.807, 2.05) is 0 Å². The zero-order valence-corrected chi connectivity index (χ0v) is 12.1. The van der Waals surface area contributed by atoms with Crippen molar-refractivity contribution < 1.29 is 0 Å². The van der Waals surface area contributed by atoms with Crippen molar-refractivity contribution in [2.45, 2.75) is 33.2 Å². The molecule has 3 nitrogen and oxygen atoms in total. The fourth-order valence-electron chi connectivity index (χ4n) is 1.78. The van der Waals surface area contributed by atoms with E-state index >= 15 is 0 Å². The van der Waals surface area contributed by atoms with Crippen LogP contribution in [0.3, 0.4) is 0 Å². The summed E-state index contributed by atoms with van der Waals surface area (Å²) in [5.74, 6) is 0.728. The zero-order chi connectivity index (χ0) is 12.6. The molecule has 3 heteroatoms. The molecule has 0 heterocycles. The first-order valence-electron chi connectivity index (χ1n) is 6.48. The minimum absolute atomic E-state index is 0.599. The van der Waals surface area contributed by atoms with Crippen molar-refractivity contribution in [1.82, 2.24) is 15.1 Å². The Bertz CT molecular complexity index is 157. The van der Waals surface area contributed by atoms with Gasteiger partial charge in [-0.05, 0) is 53.1 Å². The Labute approximate surface area is 102 Å². The molecule has 0 saturated carbocycles. The maximum Gasteiger partial charge on any atom is 0.00161 e. The molecule has 0 aliphatic heterocycles. The largest absolute Gasteiger partial charge is 0.314 e. The lowest BCUT2D eigenvalue weighted by Crippen LogP contribution is -2.34. The second-order valence-corrected chi connectivity index (χ2v) is 5.59. The molecule has 0 fully saturated rings. The smallest absolute Gasteiger partial charge is 0.00161 e. The average molecular weight is 229 g/mol. The number of nitrogens with one attached hydrogen (secondary N) is 1.